The lowest BCUT2D eigenvalue weighted by Gasteiger charge is -2.23. The molecule has 0 saturated carbocycles. The van der Waals surface area contributed by atoms with E-state index in [9.17, 15) is 8.42 Å². The lowest BCUT2D eigenvalue weighted by molar-refractivity contribution is 0.427. The van der Waals surface area contributed by atoms with Crippen LogP contribution in [0.2, 0.25) is 10.0 Å². The summed E-state index contributed by atoms with van der Waals surface area (Å²) in [6.45, 7) is 1.62. The summed E-state index contributed by atoms with van der Waals surface area (Å²) in [5.74, 6) is 0. The second-order valence-electron chi connectivity index (χ2n) is 4.34. The largest absolute Gasteiger partial charge is 0.317 e. The molecule has 114 valence electrons. The average Bonchev–Trinajstić information content (AvgIpc) is 2.34. The van der Waals surface area contributed by atoms with Crippen LogP contribution in [0, 0.1) is 0 Å². The fourth-order valence-electron chi connectivity index (χ4n) is 1.93. The van der Waals surface area contributed by atoms with Crippen molar-refractivity contribution in [3.05, 3.63) is 26.7 Å². The molecule has 1 aromatic carbocycles. The molecule has 0 radical (unpaired) electrons. The molecule has 1 fully saturated rings. The quantitative estimate of drug-likeness (QED) is 0.733. The van der Waals surface area contributed by atoms with Crippen molar-refractivity contribution in [2.24, 2.45) is 0 Å². The number of halogens is 4. The van der Waals surface area contributed by atoms with Gasteiger partial charge in [0.2, 0.25) is 10.0 Å². The molecule has 0 bridgehead atoms. The Labute approximate surface area is 143 Å². The molecular formula is C11H14BrCl3N2O2S. The van der Waals surface area contributed by atoms with Gasteiger partial charge in [0.15, 0.2) is 0 Å². The normalized spacial score (nSPS) is 16.8. The SMILES string of the molecule is Cl.O=S(=O)(NC1CCNCC1)c1cc(Br)c(Cl)cc1Cl. The van der Waals surface area contributed by atoms with Crippen LogP contribution in [-0.4, -0.2) is 27.5 Å². The first-order valence-corrected chi connectivity index (χ1v) is 8.81. The highest BCUT2D eigenvalue weighted by atomic mass is 79.9. The number of benzene rings is 1. The Kier molecular flexibility index (Phi) is 7.05. The van der Waals surface area contributed by atoms with E-state index in [1.165, 1.54) is 12.1 Å². The molecule has 2 rings (SSSR count). The van der Waals surface area contributed by atoms with E-state index in [4.69, 9.17) is 23.2 Å². The number of hydrogen-bond donors (Lipinski definition) is 2. The standard InChI is InChI=1S/C11H13BrCl2N2O2S.ClH/c12-8-5-11(10(14)6-9(8)13)19(17,18)16-7-1-3-15-4-2-7;/h5-7,15-16H,1-4H2;1H. The van der Waals surface area contributed by atoms with E-state index in [1.54, 1.807) is 0 Å². The summed E-state index contributed by atoms with van der Waals surface area (Å²) in [7, 11) is -3.63. The van der Waals surface area contributed by atoms with Crippen LogP contribution < -0.4 is 10.0 Å². The van der Waals surface area contributed by atoms with Gasteiger partial charge in [-0.05, 0) is 54.0 Å². The Bertz CT molecular complexity index is 577. The van der Waals surface area contributed by atoms with Crippen LogP contribution >= 0.6 is 51.5 Å². The number of hydrogen-bond acceptors (Lipinski definition) is 3. The minimum Gasteiger partial charge on any atom is -0.317 e. The Hall–Kier alpha value is 0.440. The number of piperidine rings is 1. The molecule has 2 N–H and O–H groups in total. The molecule has 1 aliphatic rings. The molecule has 4 nitrogen and oxygen atoms in total. The summed E-state index contributed by atoms with van der Waals surface area (Å²) >= 11 is 15.0. The maximum absolute atomic E-state index is 12.3. The topological polar surface area (TPSA) is 58.2 Å². The van der Waals surface area contributed by atoms with E-state index < -0.39 is 10.0 Å². The van der Waals surface area contributed by atoms with Gasteiger partial charge in [-0.15, -0.1) is 12.4 Å². The number of rotatable bonds is 3. The lowest BCUT2D eigenvalue weighted by atomic mass is 10.1. The molecule has 20 heavy (non-hydrogen) atoms. The zero-order valence-corrected chi connectivity index (χ0v) is 15.1. The maximum Gasteiger partial charge on any atom is 0.242 e. The first-order chi connectivity index (χ1) is 8.90. The van der Waals surface area contributed by atoms with Gasteiger partial charge in [0.05, 0.1) is 10.0 Å². The molecule has 1 saturated heterocycles. The molecule has 0 atom stereocenters. The van der Waals surface area contributed by atoms with Gasteiger partial charge in [0.25, 0.3) is 0 Å². The molecule has 9 heteroatoms. The van der Waals surface area contributed by atoms with E-state index in [-0.39, 0.29) is 28.4 Å². The van der Waals surface area contributed by atoms with Crippen LogP contribution in [-0.2, 0) is 10.0 Å². The summed E-state index contributed by atoms with van der Waals surface area (Å²) in [5.41, 5.74) is 0. The van der Waals surface area contributed by atoms with Crippen LogP contribution in [0.1, 0.15) is 12.8 Å². The fraction of sp³-hybridized carbons (Fsp3) is 0.455. The van der Waals surface area contributed by atoms with Crippen LogP contribution in [0.15, 0.2) is 21.5 Å². The number of nitrogens with one attached hydrogen (secondary N) is 2. The van der Waals surface area contributed by atoms with Crippen LogP contribution in [0.5, 0.6) is 0 Å². The van der Waals surface area contributed by atoms with E-state index >= 15 is 0 Å². The smallest absolute Gasteiger partial charge is 0.242 e. The van der Waals surface area contributed by atoms with Crippen molar-refractivity contribution in [3.8, 4) is 0 Å². The van der Waals surface area contributed by atoms with E-state index in [0.717, 1.165) is 25.9 Å². The summed E-state index contributed by atoms with van der Waals surface area (Å²) < 4.78 is 27.8. The van der Waals surface area contributed by atoms with E-state index in [1.807, 2.05) is 0 Å². The van der Waals surface area contributed by atoms with Gasteiger partial charge >= 0.3 is 0 Å². The highest BCUT2D eigenvalue weighted by molar-refractivity contribution is 9.10. The van der Waals surface area contributed by atoms with Gasteiger partial charge in [-0.3, -0.25) is 0 Å². The molecule has 1 aromatic rings. The van der Waals surface area contributed by atoms with Crippen LogP contribution in [0.25, 0.3) is 0 Å². The summed E-state index contributed by atoms with van der Waals surface area (Å²) in [6, 6.07) is 2.79. The van der Waals surface area contributed by atoms with Gasteiger partial charge < -0.3 is 5.32 Å². The van der Waals surface area contributed by atoms with Crippen molar-refractivity contribution >= 4 is 61.6 Å². The molecule has 1 heterocycles. The predicted molar refractivity (Wildman–Crippen MR) is 87.6 cm³/mol. The minimum absolute atomic E-state index is 0. The third kappa shape index (κ3) is 4.47. The molecule has 0 aliphatic carbocycles. The molecule has 0 unspecified atom stereocenters. The number of sulfonamides is 1. The predicted octanol–water partition coefficient (Wildman–Crippen LogP) is 3.21. The summed E-state index contributed by atoms with van der Waals surface area (Å²) in [6.07, 6.45) is 1.54. The second kappa shape index (κ2) is 7.63. The molecule has 1 aliphatic heterocycles. The van der Waals surface area contributed by atoms with Gasteiger partial charge in [-0.2, -0.15) is 0 Å². The first kappa shape index (κ1) is 18.5. The Morgan fingerprint density at radius 1 is 1.20 bits per heavy atom. The first-order valence-electron chi connectivity index (χ1n) is 5.78. The maximum atomic E-state index is 12.3. The molecular weight excluding hydrogens is 410 g/mol. The molecule has 0 amide bonds. The third-order valence-corrected chi connectivity index (χ3v) is 6.11. The highest BCUT2D eigenvalue weighted by Gasteiger charge is 2.24. The minimum atomic E-state index is -3.63. The highest BCUT2D eigenvalue weighted by Crippen LogP contribution is 2.32. The van der Waals surface area contributed by atoms with Crippen molar-refractivity contribution in [3.63, 3.8) is 0 Å². The average molecular weight is 425 g/mol. The van der Waals surface area contributed by atoms with Gasteiger partial charge in [-0.25, -0.2) is 13.1 Å². The Morgan fingerprint density at radius 2 is 1.80 bits per heavy atom. The summed E-state index contributed by atoms with van der Waals surface area (Å²) in [5, 5.41) is 3.68. The van der Waals surface area contributed by atoms with Crippen LogP contribution in [0.4, 0.5) is 0 Å². The Morgan fingerprint density at radius 3 is 2.40 bits per heavy atom. The third-order valence-electron chi connectivity index (χ3n) is 2.93. The van der Waals surface area contributed by atoms with Crippen molar-refractivity contribution in [2.75, 3.05) is 13.1 Å². The molecule has 0 spiro atoms. The Balaban J connectivity index is 0.00000200. The van der Waals surface area contributed by atoms with E-state index in [2.05, 4.69) is 26.0 Å². The van der Waals surface area contributed by atoms with Crippen molar-refractivity contribution in [2.45, 2.75) is 23.8 Å². The monoisotopic (exact) mass is 422 g/mol. The van der Waals surface area contributed by atoms with Gasteiger partial charge in [0.1, 0.15) is 4.90 Å². The van der Waals surface area contributed by atoms with Crippen molar-refractivity contribution in [1.82, 2.24) is 10.0 Å². The van der Waals surface area contributed by atoms with Gasteiger partial charge in [-0.1, -0.05) is 23.2 Å². The van der Waals surface area contributed by atoms with E-state index in [0.29, 0.717) is 9.50 Å². The molecule has 0 aromatic heterocycles. The zero-order chi connectivity index (χ0) is 14.0. The second-order valence-corrected chi connectivity index (χ2v) is 7.69. The zero-order valence-electron chi connectivity index (χ0n) is 10.3. The fourth-order valence-corrected chi connectivity index (χ4v) is 4.51. The lowest BCUT2D eigenvalue weighted by Crippen LogP contribution is -2.42. The van der Waals surface area contributed by atoms with Crippen LogP contribution in [0.3, 0.4) is 0 Å². The van der Waals surface area contributed by atoms with Gasteiger partial charge in [0, 0.05) is 10.5 Å². The van der Waals surface area contributed by atoms with Crippen molar-refractivity contribution in [1.29, 1.82) is 0 Å². The van der Waals surface area contributed by atoms with Crippen molar-refractivity contribution < 1.29 is 8.42 Å². The summed E-state index contributed by atoms with van der Waals surface area (Å²) in [4.78, 5) is 0.0453.